The fourth-order valence-electron chi connectivity index (χ4n) is 2.55. The largest absolute Gasteiger partial charge is 0.299 e. The molecule has 1 saturated heterocycles. The Morgan fingerprint density at radius 3 is 2.67 bits per heavy atom. The van der Waals surface area contributed by atoms with Gasteiger partial charge in [-0.25, -0.2) is 13.1 Å². The van der Waals surface area contributed by atoms with Crippen LogP contribution in [0.4, 0.5) is 0 Å². The zero-order valence-electron chi connectivity index (χ0n) is 12.5. The molecular weight excluding hydrogens is 352 g/mol. The molecule has 1 aliphatic heterocycles. The molecule has 1 atom stereocenters. The van der Waals surface area contributed by atoms with E-state index < -0.39 is 10.0 Å². The van der Waals surface area contributed by atoms with Crippen LogP contribution in [-0.2, 0) is 10.0 Å². The predicted octanol–water partition coefficient (Wildman–Crippen LogP) is 2.85. The van der Waals surface area contributed by atoms with E-state index >= 15 is 0 Å². The van der Waals surface area contributed by atoms with Gasteiger partial charge in [0.05, 0.1) is 4.90 Å². The second-order valence-electron chi connectivity index (χ2n) is 5.88. The fraction of sp³-hybridized carbons (Fsp3) is 0.600. The number of halogens is 1. The number of rotatable bonds is 5. The molecule has 1 N–H and O–H groups in total. The first-order valence-electron chi connectivity index (χ1n) is 7.38. The third kappa shape index (κ3) is 4.77. The highest BCUT2D eigenvalue weighted by atomic mass is 79.9. The van der Waals surface area contributed by atoms with Gasteiger partial charge in [0.1, 0.15) is 0 Å². The van der Waals surface area contributed by atoms with Crippen molar-refractivity contribution in [3.05, 3.63) is 28.7 Å². The van der Waals surface area contributed by atoms with Crippen LogP contribution in [0, 0.1) is 5.92 Å². The minimum atomic E-state index is -3.43. The molecule has 0 aliphatic carbocycles. The quantitative estimate of drug-likeness (QED) is 0.861. The maximum atomic E-state index is 12.3. The summed E-state index contributed by atoms with van der Waals surface area (Å²) in [6.07, 6.45) is 2.39. The highest BCUT2D eigenvalue weighted by Gasteiger charge is 2.22. The van der Waals surface area contributed by atoms with Crippen molar-refractivity contribution in [2.45, 2.75) is 37.6 Å². The van der Waals surface area contributed by atoms with E-state index in [1.54, 1.807) is 18.2 Å². The van der Waals surface area contributed by atoms with Gasteiger partial charge >= 0.3 is 0 Å². The van der Waals surface area contributed by atoms with Gasteiger partial charge in [-0.1, -0.05) is 28.9 Å². The number of hydrogen-bond donors (Lipinski definition) is 1. The van der Waals surface area contributed by atoms with Crippen LogP contribution in [0.2, 0.25) is 0 Å². The lowest BCUT2D eigenvalue weighted by Crippen LogP contribution is -2.45. The van der Waals surface area contributed by atoms with Gasteiger partial charge in [-0.05, 0) is 57.0 Å². The lowest BCUT2D eigenvalue weighted by atomic mass is 9.98. The lowest BCUT2D eigenvalue weighted by molar-refractivity contribution is 0.148. The number of nitrogens with one attached hydrogen (secondary N) is 1. The van der Waals surface area contributed by atoms with E-state index in [2.05, 4.69) is 39.4 Å². The van der Waals surface area contributed by atoms with Gasteiger partial charge in [-0.3, -0.25) is 4.90 Å². The number of sulfonamides is 1. The van der Waals surface area contributed by atoms with Gasteiger partial charge in [0.2, 0.25) is 10.0 Å². The van der Waals surface area contributed by atoms with Crippen LogP contribution in [-0.4, -0.2) is 39.0 Å². The molecule has 2 rings (SSSR count). The lowest BCUT2D eigenvalue weighted by Gasteiger charge is -2.34. The average molecular weight is 375 g/mol. The van der Waals surface area contributed by atoms with Crippen LogP contribution in [0.1, 0.15) is 26.7 Å². The summed E-state index contributed by atoms with van der Waals surface area (Å²) in [5, 5.41) is 0. The first kappa shape index (κ1) is 16.9. The molecule has 1 aromatic rings. The van der Waals surface area contributed by atoms with E-state index in [4.69, 9.17) is 0 Å². The van der Waals surface area contributed by atoms with Crippen molar-refractivity contribution in [2.24, 2.45) is 5.92 Å². The number of hydrogen-bond acceptors (Lipinski definition) is 3. The molecule has 1 aromatic carbocycles. The van der Waals surface area contributed by atoms with Crippen LogP contribution in [0.15, 0.2) is 33.6 Å². The van der Waals surface area contributed by atoms with E-state index in [1.807, 2.05) is 6.07 Å². The Bertz CT molecular complexity index is 569. The minimum absolute atomic E-state index is 0.222. The molecule has 1 aliphatic rings. The van der Waals surface area contributed by atoms with Gasteiger partial charge in [0, 0.05) is 17.1 Å². The smallest absolute Gasteiger partial charge is 0.240 e. The Labute approximate surface area is 136 Å². The molecule has 0 unspecified atom stereocenters. The van der Waals surface area contributed by atoms with Crippen molar-refractivity contribution >= 4 is 26.0 Å². The van der Waals surface area contributed by atoms with Crippen LogP contribution in [0.3, 0.4) is 0 Å². The Morgan fingerprint density at radius 2 is 2.05 bits per heavy atom. The highest BCUT2D eigenvalue weighted by Crippen LogP contribution is 2.19. The minimum Gasteiger partial charge on any atom is -0.299 e. The summed E-state index contributed by atoms with van der Waals surface area (Å²) in [5.41, 5.74) is 0. The Hall–Kier alpha value is -0.430. The first-order chi connectivity index (χ1) is 9.88. The molecule has 0 spiro atoms. The maximum Gasteiger partial charge on any atom is 0.240 e. The monoisotopic (exact) mass is 374 g/mol. The van der Waals surface area contributed by atoms with E-state index in [0.29, 0.717) is 11.4 Å². The predicted molar refractivity (Wildman–Crippen MR) is 88.8 cm³/mol. The Morgan fingerprint density at radius 1 is 1.38 bits per heavy atom. The van der Waals surface area contributed by atoms with Crippen LogP contribution >= 0.6 is 15.9 Å². The van der Waals surface area contributed by atoms with Crippen molar-refractivity contribution in [3.8, 4) is 0 Å². The summed E-state index contributed by atoms with van der Waals surface area (Å²) in [6.45, 7) is 6.92. The summed E-state index contributed by atoms with van der Waals surface area (Å²) in [4.78, 5) is 2.67. The number of piperidine rings is 1. The molecule has 0 saturated carbocycles. The number of likely N-dealkylation sites (tertiary alicyclic amines) is 1. The molecule has 0 aromatic heterocycles. The average Bonchev–Trinajstić information content (AvgIpc) is 2.45. The van der Waals surface area contributed by atoms with Crippen LogP contribution in [0.25, 0.3) is 0 Å². The van der Waals surface area contributed by atoms with Gasteiger partial charge in [-0.15, -0.1) is 0 Å². The molecule has 21 heavy (non-hydrogen) atoms. The number of benzene rings is 1. The van der Waals surface area contributed by atoms with E-state index in [0.717, 1.165) is 23.5 Å². The number of nitrogens with zero attached hydrogens (tertiary/aromatic N) is 1. The van der Waals surface area contributed by atoms with Crippen molar-refractivity contribution < 1.29 is 8.42 Å². The third-order valence-electron chi connectivity index (χ3n) is 4.12. The van der Waals surface area contributed by atoms with E-state index in [-0.39, 0.29) is 6.04 Å². The van der Waals surface area contributed by atoms with Gasteiger partial charge in [0.25, 0.3) is 0 Å². The molecule has 6 heteroatoms. The SMILES string of the molecule is CC1CCN([C@@H](C)CNS(=O)(=O)c2cccc(Br)c2)CC1. The fourth-order valence-corrected chi connectivity index (χ4v) is 4.26. The molecule has 1 heterocycles. The van der Waals surface area contributed by atoms with Gasteiger partial charge in [-0.2, -0.15) is 0 Å². The molecule has 0 bridgehead atoms. The molecule has 118 valence electrons. The van der Waals surface area contributed by atoms with Crippen molar-refractivity contribution in [1.82, 2.24) is 9.62 Å². The first-order valence-corrected chi connectivity index (χ1v) is 9.65. The van der Waals surface area contributed by atoms with Gasteiger partial charge in [0.15, 0.2) is 0 Å². The summed E-state index contributed by atoms with van der Waals surface area (Å²) >= 11 is 3.30. The Balaban J connectivity index is 1.92. The Kier molecular flexibility index (Phi) is 5.82. The topological polar surface area (TPSA) is 49.4 Å². The van der Waals surface area contributed by atoms with Crippen molar-refractivity contribution in [2.75, 3.05) is 19.6 Å². The van der Waals surface area contributed by atoms with E-state index in [1.165, 1.54) is 12.8 Å². The maximum absolute atomic E-state index is 12.3. The van der Waals surface area contributed by atoms with Crippen molar-refractivity contribution in [3.63, 3.8) is 0 Å². The second-order valence-corrected chi connectivity index (χ2v) is 8.56. The third-order valence-corrected chi connectivity index (χ3v) is 6.03. The molecule has 0 radical (unpaired) electrons. The summed E-state index contributed by atoms with van der Waals surface area (Å²) in [7, 11) is -3.43. The second kappa shape index (κ2) is 7.22. The van der Waals surface area contributed by atoms with Crippen LogP contribution in [0.5, 0.6) is 0 Å². The summed E-state index contributed by atoms with van der Waals surface area (Å²) < 4.78 is 28.0. The zero-order chi connectivity index (χ0) is 15.5. The normalized spacial score (nSPS) is 19.6. The summed E-state index contributed by atoms with van der Waals surface area (Å²) in [6, 6.07) is 7.00. The highest BCUT2D eigenvalue weighted by molar-refractivity contribution is 9.10. The van der Waals surface area contributed by atoms with E-state index in [9.17, 15) is 8.42 Å². The molecule has 1 fully saturated rings. The molecule has 4 nitrogen and oxygen atoms in total. The summed E-state index contributed by atoms with van der Waals surface area (Å²) in [5.74, 6) is 0.784. The standard InChI is InChI=1S/C15H23BrN2O2S/c1-12-6-8-18(9-7-12)13(2)11-17-21(19,20)15-5-3-4-14(16)10-15/h3-5,10,12-13,17H,6-9,11H2,1-2H3/t13-/m0/s1. The molecule has 0 amide bonds. The van der Waals surface area contributed by atoms with Gasteiger partial charge < -0.3 is 0 Å². The van der Waals surface area contributed by atoms with Crippen LogP contribution < -0.4 is 4.72 Å². The molecular formula is C15H23BrN2O2S. The van der Waals surface area contributed by atoms with Crippen molar-refractivity contribution in [1.29, 1.82) is 0 Å². The zero-order valence-corrected chi connectivity index (χ0v) is 15.0.